The third-order valence-electron chi connectivity index (χ3n) is 3.61. The Morgan fingerprint density at radius 2 is 2.14 bits per heavy atom. The van der Waals surface area contributed by atoms with Crippen molar-refractivity contribution in [1.82, 2.24) is 0 Å². The van der Waals surface area contributed by atoms with Gasteiger partial charge in [0.05, 0.1) is 12.5 Å². The molecule has 3 nitrogen and oxygen atoms in total. The van der Waals surface area contributed by atoms with Crippen LogP contribution in [0, 0.1) is 11.8 Å². The third kappa shape index (κ3) is 2.08. The van der Waals surface area contributed by atoms with Crippen LogP contribution < -0.4 is 0 Å². The van der Waals surface area contributed by atoms with Crippen LogP contribution in [0.25, 0.3) is 0 Å². The molecular weight excluding hydrogens is 180 g/mol. The first kappa shape index (κ1) is 9.97. The van der Waals surface area contributed by atoms with Crippen molar-refractivity contribution in [3.8, 4) is 0 Å². The third-order valence-corrected chi connectivity index (χ3v) is 3.61. The second-order valence-corrected chi connectivity index (χ2v) is 4.50. The molecule has 0 aromatic carbocycles. The van der Waals surface area contributed by atoms with Crippen molar-refractivity contribution < 1.29 is 14.6 Å². The van der Waals surface area contributed by atoms with Crippen LogP contribution in [-0.2, 0) is 9.53 Å². The van der Waals surface area contributed by atoms with Gasteiger partial charge in [-0.05, 0) is 24.7 Å². The number of rotatable bonds is 4. The smallest absolute Gasteiger partial charge is 0.303 e. The van der Waals surface area contributed by atoms with Crippen molar-refractivity contribution in [2.75, 3.05) is 6.61 Å². The summed E-state index contributed by atoms with van der Waals surface area (Å²) in [6.45, 7) is 0.827. The van der Waals surface area contributed by atoms with Crippen molar-refractivity contribution in [3.63, 3.8) is 0 Å². The predicted molar refractivity (Wildman–Crippen MR) is 52.1 cm³/mol. The molecule has 1 N–H and O–H groups in total. The topological polar surface area (TPSA) is 46.5 Å². The van der Waals surface area contributed by atoms with E-state index < -0.39 is 5.97 Å². The number of ether oxygens (including phenoxy) is 1. The van der Waals surface area contributed by atoms with Gasteiger partial charge >= 0.3 is 5.97 Å². The monoisotopic (exact) mass is 198 g/mol. The molecule has 0 spiro atoms. The van der Waals surface area contributed by atoms with Gasteiger partial charge in [0.2, 0.25) is 0 Å². The van der Waals surface area contributed by atoms with Crippen LogP contribution in [-0.4, -0.2) is 23.8 Å². The van der Waals surface area contributed by atoms with E-state index in [2.05, 4.69) is 0 Å². The van der Waals surface area contributed by atoms with E-state index in [4.69, 9.17) is 9.84 Å². The largest absolute Gasteiger partial charge is 0.481 e. The summed E-state index contributed by atoms with van der Waals surface area (Å²) in [6.07, 6.45) is 6.39. The Morgan fingerprint density at radius 1 is 1.36 bits per heavy atom. The molecule has 1 saturated heterocycles. The first-order valence-corrected chi connectivity index (χ1v) is 5.61. The Morgan fingerprint density at radius 3 is 2.57 bits per heavy atom. The van der Waals surface area contributed by atoms with Gasteiger partial charge in [0.1, 0.15) is 0 Å². The van der Waals surface area contributed by atoms with E-state index in [-0.39, 0.29) is 12.0 Å². The minimum absolute atomic E-state index is 0.233. The first-order valence-electron chi connectivity index (χ1n) is 5.61. The van der Waals surface area contributed by atoms with Crippen LogP contribution in [0.4, 0.5) is 0 Å². The minimum Gasteiger partial charge on any atom is -0.481 e. The van der Waals surface area contributed by atoms with Crippen LogP contribution in [0.2, 0.25) is 0 Å². The zero-order chi connectivity index (χ0) is 9.97. The van der Waals surface area contributed by atoms with Gasteiger partial charge in [-0.1, -0.05) is 19.3 Å². The Balaban J connectivity index is 1.93. The average molecular weight is 198 g/mol. The molecule has 0 radical (unpaired) electrons. The van der Waals surface area contributed by atoms with Gasteiger partial charge in [0.15, 0.2) is 0 Å². The van der Waals surface area contributed by atoms with E-state index in [0.29, 0.717) is 12.3 Å². The lowest BCUT2D eigenvalue weighted by molar-refractivity contribution is -0.140. The zero-order valence-corrected chi connectivity index (χ0v) is 8.45. The van der Waals surface area contributed by atoms with Crippen LogP contribution >= 0.6 is 0 Å². The highest BCUT2D eigenvalue weighted by molar-refractivity contribution is 5.67. The van der Waals surface area contributed by atoms with Crippen molar-refractivity contribution in [1.29, 1.82) is 0 Å². The van der Waals surface area contributed by atoms with Gasteiger partial charge in [0.25, 0.3) is 0 Å². The molecule has 0 bridgehead atoms. The van der Waals surface area contributed by atoms with E-state index in [1.165, 1.54) is 19.3 Å². The van der Waals surface area contributed by atoms with Crippen molar-refractivity contribution >= 4 is 5.97 Å². The van der Waals surface area contributed by atoms with E-state index in [1.807, 2.05) is 0 Å². The molecule has 1 heterocycles. The highest BCUT2D eigenvalue weighted by Crippen LogP contribution is 2.40. The summed E-state index contributed by atoms with van der Waals surface area (Å²) in [5.41, 5.74) is 0. The van der Waals surface area contributed by atoms with Crippen LogP contribution in [0.1, 0.15) is 38.5 Å². The molecular formula is C11H18O3. The fraction of sp³-hybridized carbons (Fsp3) is 0.909. The van der Waals surface area contributed by atoms with Gasteiger partial charge in [-0.25, -0.2) is 0 Å². The van der Waals surface area contributed by atoms with Gasteiger partial charge in [-0.3, -0.25) is 4.79 Å². The van der Waals surface area contributed by atoms with Gasteiger partial charge in [-0.2, -0.15) is 0 Å². The molecule has 2 atom stereocenters. The lowest BCUT2D eigenvalue weighted by atomic mass is 9.72. The van der Waals surface area contributed by atoms with Crippen LogP contribution in [0.15, 0.2) is 0 Å². The number of carboxylic acid groups (broad SMARTS) is 1. The fourth-order valence-corrected chi connectivity index (χ4v) is 2.61. The lowest BCUT2D eigenvalue weighted by Gasteiger charge is -2.36. The normalized spacial score (nSPS) is 29.9. The molecule has 0 amide bonds. The highest BCUT2D eigenvalue weighted by Gasteiger charge is 2.36. The number of aliphatic carboxylic acids is 1. The number of carboxylic acids is 1. The maximum Gasteiger partial charge on any atom is 0.303 e. The Bertz CT molecular complexity index is 205. The van der Waals surface area contributed by atoms with Gasteiger partial charge in [-0.15, -0.1) is 0 Å². The Hall–Kier alpha value is -0.570. The summed E-state index contributed by atoms with van der Waals surface area (Å²) in [7, 11) is 0. The second kappa shape index (κ2) is 4.30. The first-order chi connectivity index (χ1) is 6.77. The molecule has 14 heavy (non-hydrogen) atoms. The van der Waals surface area contributed by atoms with E-state index >= 15 is 0 Å². The maximum absolute atomic E-state index is 10.8. The molecule has 2 unspecified atom stereocenters. The molecule has 0 aromatic rings. The SMILES string of the molecule is O=C(O)CC(C1CCC1)C1CCCO1. The second-order valence-electron chi connectivity index (χ2n) is 4.50. The molecule has 2 aliphatic rings. The molecule has 80 valence electrons. The number of hydrogen-bond acceptors (Lipinski definition) is 2. The highest BCUT2D eigenvalue weighted by atomic mass is 16.5. The summed E-state index contributed by atoms with van der Waals surface area (Å²) < 4.78 is 5.61. The van der Waals surface area contributed by atoms with Gasteiger partial charge in [0, 0.05) is 6.61 Å². The van der Waals surface area contributed by atoms with E-state index in [0.717, 1.165) is 19.4 Å². The molecule has 1 aliphatic heterocycles. The summed E-state index contributed by atoms with van der Waals surface area (Å²) in [4.78, 5) is 10.8. The van der Waals surface area contributed by atoms with Crippen LogP contribution in [0.5, 0.6) is 0 Å². The average Bonchev–Trinajstić information content (AvgIpc) is 2.49. The maximum atomic E-state index is 10.8. The Kier molecular flexibility index (Phi) is 3.06. The number of hydrogen-bond donors (Lipinski definition) is 1. The molecule has 3 heteroatoms. The molecule has 0 aromatic heterocycles. The zero-order valence-electron chi connectivity index (χ0n) is 8.45. The van der Waals surface area contributed by atoms with Crippen LogP contribution in [0.3, 0.4) is 0 Å². The summed E-state index contributed by atoms with van der Waals surface area (Å²) in [5.74, 6) is 0.232. The van der Waals surface area contributed by atoms with E-state index in [9.17, 15) is 4.79 Å². The van der Waals surface area contributed by atoms with Crippen molar-refractivity contribution in [3.05, 3.63) is 0 Å². The summed E-state index contributed by atoms with van der Waals surface area (Å²) >= 11 is 0. The number of carbonyl (C=O) groups is 1. The molecule has 2 rings (SSSR count). The summed E-state index contributed by atoms with van der Waals surface area (Å²) in [5, 5.41) is 8.86. The predicted octanol–water partition coefficient (Wildman–Crippen LogP) is 2.06. The lowest BCUT2D eigenvalue weighted by Crippen LogP contribution is -2.33. The van der Waals surface area contributed by atoms with Crippen molar-refractivity contribution in [2.24, 2.45) is 11.8 Å². The van der Waals surface area contributed by atoms with E-state index in [1.54, 1.807) is 0 Å². The molecule has 1 saturated carbocycles. The summed E-state index contributed by atoms with van der Waals surface area (Å²) in [6, 6.07) is 0. The Labute approximate surface area is 84.4 Å². The standard InChI is InChI=1S/C11H18O3/c12-11(13)7-9(8-3-1-4-8)10-5-2-6-14-10/h8-10H,1-7H2,(H,12,13). The quantitative estimate of drug-likeness (QED) is 0.752. The fourth-order valence-electron chi connectivity index (χ4n) is 2.61. The molecule has 1 aliphatic carbocycles. The minimum atomic E-state index is -0.669. The van der Waals surface area contributed by atoms with Crippen molar-refractivity contribution in [2.45, 2.75) is 44.6 Å². The molecule has 2 fully saturated rings. The van der Waals surface area contributed by atoms with Gasteiger partial charge < -0.3 is 9.84 Å².